The van der Waals surface area contributed by atoms with Crippen LogP contribution in [0.2, 0.25) is 0 Å². The lowest BCUT2D eigenvalue weighted by atomic mass is 10.2. The maximum absolute atomic E-state index is 12.9. The fourth-order valence-electron chi connectivity index (χ4n) is 1.45. The zero-order chi connectivity index (χ0) is 14.0. The number of alkyl halides is 3. The van der Waals surface area contributed by atoms with E-state index in [1.165, 1.54) is 18.2 Å². The number of nitrogens with one attached hydrogen (secondary N) is 1. The van der Waals surface area contributed by atoms with Gasteiger partial charge in [-0.15, -0.1) is 0 Å². The number of aromatic nitrogens is 1. The number of halogens is 4. The lowest BCUT2D eigenvalue weighted by Crippen LogP contribution is -2.30. The summed E-state index contributed by atoms with van der Waals surface area (Å²) >= 11 is 1.15. The summed E-state index contributed by atoms with van der Waals surface area (Å²) in [5.41, 5.74) is 0.574. The van der Waals surface area contributed by atoms with Crippen LogP contribution in [0.4, 0.5) is 22.7 Å². The highest BCUT2D eigenvalue weighted by Gasteiger charge is 2.37. The average molecular weight is 294 g/mol. The lowest BCUT2D eigenvalue weighted by Gasteiger charge is -2.13. The SMILES string of the molecule is OC(CCNc1nc2ccc(F)cc2s1)C(F)(F)F. The number of fused-ring (bicyclic) bond motifs is 1. The largest absolute Gasteiger partial charge is 0.414 e. The molecule has 0 aliphatic carbocycles. The summed E-state index contributed by atoms with van der Waals surface area (Å²) in [6.07, 6.45) is -7.43. The smallest absolute Gasteiger partial charge is 0.384 e. The van der Waals surface area contributed by atoms with E-state index in [4.69, 9.17) is 5.11 Å². The molecule has 2 aromatic rings. The fraction of sp³-hybridized carbons (Fsp3) is 0.364. The third-order valence-corrected chi connectivity index (χ3v) is 3.40. The molecule has 0 saturated carbocycles. The van der Waals surface area contributed by atoms with Crippen molar-refractivity contribution in [2.45, 2.75) is 18.7 Å². The minimum Gasteiger partial charge on any atom is -0.384 e. The first-order chi connectivity index (χ1) is 8.86. The lowest BCUT2D eigenvalue weighted by molar-refractivity contribution is -0.204. The van der Waals surface area contributed by atoms with Crippen molar-refractivity contribution in [3.05, 3.63) is 24.0 Å². The Morgan fingerprint density at radius 3 is 2.79 bits per heavy atom. The van der Waals surface area contributed by atoms with Crippen LogP contribution in [0.25, 0.3) is 10.2 Å². The number of benzene rings is 1. The molecule has 0 saturated heterocycles. The van der Waals surface area contributed by atoms with Crippen LogP contribution in [-0.2, 0) is 0 Å². The van der Waals surface area contributed by atoms with Crippen LogP contribution in [0.15, 0.2) is 18.2 Å². The first-order valence-corrected chi connectivity index (χ1v) is 6.22. The molecule has 8 heteroatoms. The first-order valence-electron chi connectivity index (χ1n) is 5.41. The van der Waals surface area contributed by atoms with E-state index in [0.717, 1.165) is 11.3 Å². The van der Waals surface area contributed by atoms with Crippen molar-refractivity contribution in [2.75, 3.05) is 11.9 Å². The van der Waals surface area contributed by atoms with Crippen molar-refractivity contribution in [1.29, 1.82) is 0 Å². The topological polar surface area (TPSA) is 45.1 Å². The van der Waals surface area contributed by atoms with Gasteiger partial charge in [0.25, 0.3) is 0 Å². The summed E-state index contributed by atoms with van der Waals surface area (Å²) < 4.78 is 49.7. The normalized spacial score (nSPS) is 13.7. The highest BCUT2D eigenvalue weighted by atomic mass is 32.1. The van der Waals surface area contributed by atoms with Gasteiger partial charge >= 0.3 is 6.18 Å². The number of aliphatic hydroxyl groups is 1. The van der Waals surface area contributed by atoms with E-state index >= 15 is 0 Å². The van der Waals surface area contributed by atoms with Gasteiger partial charge in [0.05, 0.1) is 10.2 Å². The molecule has 1 aromatic heterocycles. The van der Waals surface area contributed by atoms with E-state index in [2.05, 4.69) is 10.3 Å². The summed E-state index contributed by atoms with van der Waals surface area (Å²) in [6, 6.07) is 4.07. The summed E-state index contributed by atoms with van der Waals surface area (Å²) in [4.78, 5) is 4.09. The predicted octanol–water partition coefficient (Wildman–Crippen LogP) is 3.16. The van der Waals surface area contributed by atoms with Crippen molar-refractivity contribution in [1.82, 2.24) is 4.98 Å². The number of aliphatic hydroxyl groups excluding tert-OH is 1. The molecule has 0 aliphatic rings. The Hall–Kier alpha value is -1.41. The Morgan fingerprint density at radius 2 is 2.11 bits per heavy atom. The molecule has 19 heavy (non-hydrogen) atoms. The van der Waals surface area contributed by atoms with Crippen LogP contribution in [0, 0.1) is 5.82 Å². The molecule has 0 fully saturated rings. The molecule has 2 N–H and O–H groups in total. The maximum Gasteiger partial charge on any atom is 0.414 e. The molecule has 1 unspecified atom stereocenters. The molecule has 1 heterocycles. The Balaban J connectivity index is 1.95. The molecule has 3 nitrogen and oxygen atoms in total. The number of thiazole rings is 1. The van der Waals surface area contributed by atoms with Crippen molar-refractivity contribution < 1.29 is 22.7 Å². The van der Waals surface area contributed by atoms with Crippen molar-refractivity contribution in [3.63, 3.8) is 0 Å². The molecule has 2 rings (SSSR count). The average Bonchev–Trinajstić information content (AvgIpc) is 2.69. The van der Waals surface area contributed by atoms with E-state index < -0.39 is 24.5 Å². The molecule has 0 radical (unpaired) electrons. The fourth-order valence-corrected chi connectivity index (χ4v) is 2.37. The molecule has 1 atom stereocenters. The predicted molar refractivity (Wildman–Crippen MR) is 64.7 cm³/mol. The van der Waals surface area contributed by atoms with Crippen LogP contribution in [0.3, 0.4) is 0 Å². The summed E-state index contributed by atoms with van der Waals surface area (Å²) in [5, 5.41) is 11.9. The van der Waals surface area contributed by atoms with Gasteiger partial charge in [-0.2, -0.15) is 13.2 Å². The van der Waals surface area contributed by atoms with E-state index in [1.807, 2.05) is 0 Å². The van der Waals surface area contributed by atoms with Gasteiger partial charge in [-0.05, 0) is 24.6 Å². The molecule has 0 spiro atoms. The molecule has 1 aromatic carbocycles. The van der Waals surface area contributed by atoms with Crippen molar-refractivity contribution in [2.24, 2.45) is 0 Å². The van der Waals surface area contributed by atoms with Crippen molar-refractivity contribution in [3.8, 4) is 0 Å². The molecule has 0 aliphatic heterocycles. The third-order valence-electron chi connectivity index (χ3n) is 2.42. The highest BCUT2D eigenvalue weighted by Crippen LogP contribution is 2.27. The van der Waals surface area contributed by atoms with Gasteiger partial charge in [0, 0.05) is 6.54 Å². The number of anilines is 1. The molecular formula is C11H10F4N2OS. The number of rotatable bonds is 4. The Bertz CT molecular complexity index is 569. The van der Waals surface area contributed by atoms with Crippen LogP contribution in [-0.4, -0.2) is 28.9 Å². The first kappa shape index (κ1) is 14.0. The second-order valence-corrected chi connectivity index (χ2v) is 4.93. The third kappa shape index (κ3) is 3.54. The monoisotopic (exact) mass is 294 g/mol. The van der Waals surface area contributed by atoms with Gasteiger partial charge in [0.2, 0.25) is 0 Å². The van der Waals surface area contributed by atoms with Gasteiger partial charge in [-0.1, -0.05) is 11.3 Å². The standard InChI is InChI=1S/C11H10F4N2OS/c12-6-1-2-7-8(5-6)19-10(17-7)16-4-3-9(18)11(13,14)15/h1-2,5,9,18H,3-4H2,(H,16,17). The van der Waals surface area contributed by atoms with E-state index in [-0.39, 0.29) is 6.54 Å². The second kappa shape index (κ2) is 5.30. The zero-order valence-electron chi connectivity index (χ0n) is 9.54. The van der Waals surface area contributed by atoms with Gasteiger partial charge in [0.1, 0.15) is 5.82 Å². The van der Waals surface area contributed by atoms with Crippen LogP contribution in [0.5, 0.6) is 0 Å². The molecule has 0 amide bonds. The van der Waals surface area contributed by atoms with Gasteiger partial charge < -0.3 is 10.4 Å². The van der Waals surface area contributed by atoms with Gasteiger partial charge in [-0.25, -0.2) is 9.37 Å². The van der Waals surface area contributed by atoms with Gasteiger partial charge in [-0.3, -0.25) is 0 Å². The number of hydrogen-bond donors (Lipinski definition) is 2. The van der Waals surface area contributed by atoms with Crippen LogP contribution >= 0.6 is 11.3 Å². The van der Waals surface area contributed by atoms with Gasteiger partial charge in [0.15, 0.2) is 11.2 Å². The van der Waals surface area contributed by atoms with Crippen LogP contribution in [0.1, 0.15) is 6.42 Å². The maximum atomic E-state index is 12.9. The Labute approximate surface area is 109 Å². The minimum absolute atomic E-state index is 0.0665. The number of nitrogens with zero attached hydrogens (tertiary/aromatic N) is 1. The second-order valence-electron chi connectivity index (χ2n) is 3.90. The van der Waals surface area contributed by atoms with E-state index in [1.54, 1.807) is 0 Å². The quantitative estimate of drug-likeness (QED) is 0.851. The van der Waals surface area contributed by atoms with E-state index in [0.29, 0.717) is 15.3 Å². The molecule has 104 valence electrons. The minimum atomic E-state index is -4.61. The van der Waals surface area contributed by atoms with E-state index in [9.17, 15) is 17.6 Å². The van der Waals surface area contributed by atoms with Crippen LogP contribution < -0.4 is 5.32 Å². The van der Waals surface area contributed by atoms with Crippen molar-refractivity contribution >= 4 is 26.7 Å². The zero-order valence-corrected chi connectivity index (χ0v) is 10.4. The highest BCUT2D eigenvalue weighted by molar-refractivity contribution is 7.22. The summed E-state index contributed by atoms with van der Waals surface area (Å²) in [7, 11) is 0. The summed E-state index contributed by atoms with van der Waals surface area (Å²) in [5.74, 6) is -0.393. The Kier molecular flexibility index (Phi) is 3.91. The molecule has 0 bridgehead atoms. The number of hydrogen-bond acceptors (Lipinski definition) is 4. The summed E-state index contributed by atoms with van der Waals surface area (Å²) in [6.45, 7) is -0.0665. The molecular weight excluding hydrogens is 284 g/mol. The Morgan fingerprint density at radius 1 is 1.37 bits per heavy atom.